The van der Waals surface area contributed by atoms with Crippen molar-refractivity contribution >= 4 is 40.1 Å². The molecule has 0 fully saturated rings. The van der Waals surface area contributed by atoms with Crippen molar-refractivity contribution in [3.8, 4) is 0 Å². The second kappa shape index (κ2) is 8.10. The van der Waals surface area contributed by atoms with Crippen LogP contribution in [0.5, 0.6) is 0 Å². The Morgan fingerprint density at radius 3 is 3.00 bits per heavy atom. The van der Waals surface area contributed by atoms with Gasteiger partial charge in [0.15, 0.2) is 5.13 Å². The minimum absolute atomic E-state index is 0.0955. The van der Waals surface area contributed by atoms with E-state index in [0.29, 0.717) is 15.8 Å². The standard InChI is InChI=1S/C11H16N2O3S2/c1-3-4-5-17-7-9(14)13-11-12-6-8(18-11)10(15)16-2/h6H,3-5,7H2,1-2H3,(H,12,13,14). The molecule has 0 aromatic carbocycles. The van der Waals surface area contributed by atoms with Crippen molar-refractivity contribution < 1.29 is 14.3 Å². The van der Waals surface area contributed by atoms with Crippen LogP contribution in [0, 0.1) is 0 Å². The third-order valence-electron chi connectivity index (χ3n) is 2.01. The monoisotopic (exact) mass is 288 g/mol. The van der Waals surface area contributed by atoms with Gasteiger partial charge in [0.25, 0.3) is 0 Å². The van der Waals surface area contributed by atoms with Crippen LogP contribution < -0.4 is 5.32 Å². The van der Waals surface area contributed by atoms with Crippen LogP contribution in [0.2, 0.25) is 0 Å². The summed E-state index contributed by atoms with van der Waals surface area (Å²) in [4.78, 5) is 27.1. The van der Waals surface area contributed by atoms with E-state index in [2.05, 4.69) is 22.0 Å². The van der Waals surface area contributed by atoms with Gasteiger partial charge in [0.2, 0.25) is 5.91 Å². The van der Waals surface area contributed by atoms with E-state index in [0.717, 1.165) is 29.9 Å². The number of aromatic nitrogens is 1. The summed E-state index contributed by atoms with van der Waals surface area (Å²) < 4.78 is 4.56. The van der Waals surface area contributed by atoms with Crippen LogP contribution >= 0.6 is 23.1 Å². The fraction of sp³-hybridized carbons (Fsp3) is 0.545. The third-order valence-corrected chi connectivity index (χ3v) is 3.95. The van der Waals surface area contributed by atoms with E-state index in [1.807, 2.05) is 0 Å². The molecule has 18 heavy (non-hydrogen) atoms. The van der Waals surface area contributed by atoms with E-state index in [1.165, 1.54) is 13.3 Å². The summed E-state index contributed by atoms with van der Waals surface area (Å²) in [6, 6.07) is 0. The Hall–Kier alpha value is -1.08. The molecular weight excluding hydrogens is 272 g/mol. The number of thioether (sulfide) groups is 1. The first-order chi connectivity index (χ1) is 8.67. The lowest BCUT2D eigenvalue weighted by molar-refractivity contribution is -0.113. The number of ether oxygens (including phenoxy) is 1. The molecule has 0 spiro atoms. The lowest BCUT2D eigenvalue weighted by Gasteiger charge is -2.00. The highest BCUT2D eigenvalue weighted by atomic mass is 32.2. The SMILES string of the molecule is CCCCSCC(=O)Nc1ncc(C(=O)OC)s1. The smallest absolute Gasteiger partial charge is 0.349 e. The number of hydrogen-bond donors (Lipinski definition) is 1. The molecule has 0 bridgehead atoms. The Morgan fingerprint density at radius 1 is 1.56 bits per heavy atom. The highest BCUT2D eigenvalue weighted by molar-refractivity contribution is 7.99. The molecule has 0 aliphatic carbocycles. The lowest BCUT2D eigenvalue weighted by atomic mass is 10.4. The summed E-state index contributed by atoms with van der Waals surface area (Å²) in [6.07, 6.45) is 3.64. The van der Waals surface area contributed by atoms with Crippen molar-refractivity contribution in [1.82, 2.24) is 4.98 Å². The van der Waals surface area contributed by atoms with Crippen LogP contribution in [0.15, 0.2) is 6.20 Å². The predicted molar refractivity (Wildman–Crippen MR) is 74.3 cm³/mol. The molecule has 1 amide bonds. The summed E-state index contributed by atoms with van der Waals surface area (Å²) in [7, 11) is 1.31. The van der Waals surface area contributed by atoms with Gasteiger partial charge in [-0.15, -0.1) is 0 Å². The summed E-state index contributed by atoms with van der Waals surface area (Å²) in [5, 5.41) is 3.09. The number of anilines is 1. The largest absolute Gasteiger partial charge is 0.465 e. The fourth-order valence-electron chi connectivity index (χ4n) is 1.09. The third kappa shape index (κ3) is 5.05. The van der Waals surface area contributed by atoms with Gasteiger partial charge in [-0.1, -0.05) is 24.7 Å². The van der Waals surface area contributed by atoms with Crippen LogP contribution in [0.4, 0.5) is 5.13 Å². The van der Waals surface area contributed by atoms with Crippen molar-refractivity contribution in [2.75, 3.05) is 23.9 Å². The normalized spacial score (nSPS) is 10.1. The van der Waals surface area contributed by atoms with E-state index in [1.54, 1.807) is 11.8 Å². The Morgan fingerprint density at radius 2 is 2.33 bits per heavy atom. The highest BCUT2D eigenvalue weighted by Gasteiger charge is 2.12. The van der Waals surface area contributed by atoms with Crippen molar-refractivity contribution in [3.63, 3.8) is 0 Å². The van der Waals surface area contributed by atoms with E-state index in [-0.39, 0.29) is 5.91 Å². The number of carbonyl (C=O) groups is 2. The zero-order chi connectivity index (χ0) is 13.4. The maximum Gasteiger partial charge on any atom is 0.349 e. The van der Waals surface area contributed by atoms with Crippen LogP contribution in [0.3, 0.4) is 0 Å². The molecule has 1 aromatic heterocycles. The lowest BCUT2D eigenvalue weighted by Crippen LogP contribution is -2.14. The molecule has 1 aromatic rings. The number of methoxy groups -OCH3 is 1. The number of nitrogens with one attached hydrogen (secondary N) is 1. The number of thiazole rings is 1. The summed E-state index contributed by atoms with van der Waals surface area (Å²) in [5.41, 5.74) is 0. The summed E-state index contributed by atoms with van der Waals surface area (Å²) in [6.45, 7) is 2.12. The van der Waals surface area contributed by atoms with Crippen LogP contribution in [0.1, 0.15) is 29.4 Å². The Kier molecular flexibility index (Phi) is 6.74. The minimum Gasteiger partial charge on any atom is -0.465 e. The van der Waals surface area contributed by atoms with Gasteiger partial charge in [-0.25, -0.2) is 9.78 Å². The second-order valence-electron chi connectivity index (χ2n) is 3.48. The zero-order valence-electron chi connectivity index (χ0n) is 10.4. The van der Waals surface area contributed by atoms with Gasteiger partial charge in [0, 0.05) is 0 Å². The zero-order valence-corrected chi connectivity index (χ0v) is 12.0. The molecule has 0 radical (unpaired) electrons. The molecule has 0 aliphatic heterocycles. The quantitative estimate of drug-likeness (QED) is 0.616. The Balaban J connectivity index is 2.35. The molecule has 5 nitrogen and oxygen atoms in total. The first-order valence-electron chi connectivity index (χ1n) is 5.59. The number of hydrogen-bond acceptors (Lipinski definition) is 6. The van der Waals surface area contributed by atoms with Gasteiger partial charge in [-0.2, -0.15) is 11.8 Å². The number of nitrogens with zero attached hydrogens (tertiary/aromatic N) is 1. The first kappa shape index (κ1) is 15.0. The van der Waals surface area contributed by atoms with Gasteiger partial charge in [-0.05, 0) is 12.2 Å². The van der Waals surface area contributed by atoms with Gasteiger partial charge in [0.1, 0.15) is 4.88 Å². The molecule has 0 saturated heterocycles. The van der Waals surface area contributed by atoms with E-state index in [9.17, 15) is 9.59 Å². The van der Waals surface area contributed by atoms with Gasteiger partial charge >= 0.3 is 5.97 Å². The number of amides is 1. The highest BCUT2D eigenvalue weighted by Crippen LogP contribution is 2.19. The molecule has 0 saturated carbocycles. The summed E-state index contributed by atoms with van der Waals surface area (Å²) >= 11 is 2.71. The second-order valence-corrected chi connectivity index (χ2v) is 5.61. The van der Waals surface area contributed by atoms with E-state index < -0.39 is 5.97 Å². The van der Waals surface area contributed by atoms with Gasteiger partial charge in [0.05, 0.1) is 19.1 Å². The van der Waals surface area contributed by atoms with E-state index >= 15 is 0 Å². The number of esters is 1. The number of carbonyl (C=O) groups excluding carboxylic acids is 2. The topological polar surface area (TPSA) is 68.3 Å². The molecule has 1 heterocycles. The fourth-order valence-corrected chi connectivity index (χ4v) is 2.74. The van der Waals surface area contributed by atoms with Crippen molar-refractivity contribution in [1.29, 1.82) is 0 Å². The first-order valence-corrected chi connectivity index (χ1v) is 7.56. The van der Waals surface area contributed by atoms with Crippen LogP contribution in [0.25, 0.3) is 0 Å². The molecule has 0 atom stereocenters. The summed E-state index contributed by atoms with van der Waals surface area (Å²) in [5.74, 6) is 0.856. The van der Waals surface area contributed by atoms with Crippen LogP contribution in [-0.2, 0) is 9.53 Å². The number of rotatable bonds is 7. The molecule has 0 unspecified atom stereocenters. The van der Waals surface area contributed by atoms with Gasteiger partial charge in [-0.3, -0.25) is 4.79 Å². The Labute approximate surface area is 114 Å². The average molecular weight is 288 g/mol. The molecular formula is C11H16N2O3S2. The Bertz CT molecular complexity index is 407. The van der Waals surface area contributed by atoms with Gasteiger partial charge < -0.3 is 10.1 Å². The average Bonchev–Trinajstić information content (AvgIpc) is 2.82. The maximum atomic E-state index is 11.5. The predicted octanol–water partition coefficient (Wildman–Crippen LogP) is 2.40. The minimum atomic E-state index is -0.440. The molecule has 0 aliphatic rings. The maximum absolute atomic E-state index is 11.5. The molecule has 100 valence electrons. The molecule has 1 rings (SSSR count). The van der Waals surface area contributed by atoms with Crippen molar-refractivity contribution in [2.24, 2.45) is 0 Å². The van der Waals surface area contributed by atoms with Crippen LogP contribution in [-0.4, -0.2) is 35.5 Å². The molecule has 1 N–H and O–H groups in total. The molecule has 7 heteroatoms. The number of unbranched alkanes of at least 4 members (excludes halogenated alkanes) is 1. The van der Waals surface area contributed by atoms with Crippen molar-refractivity contribution in [2.45, 2.75) is 19.8 Å². The van der Waals surface area contributed by atoms with E-state index in [4.69, 9.17) is 0 Å². The van der Waals surface area contributed by atoms with Crippen molar-refractivity contribution in [3.05, 3.63) is 11.1 Å².